The van der Waals surface area contributed by atoms with E-state index in [9.17, 15) is 19.1 Å². The van der Waals surface area contributed by atoms with Gasteiger partial charge in [-0.15, -0.1) is 0 Å². The van der Waals surface area contributed by atoms with Crippen LogP contribution in [0.3, 0.4) is 0 Å². The van der Waals surface area contributed by atoms with Crippen LogP contribution in [0, 0.1) is 5.82 Å². The summed E-state index contributed by atoms with van der Waals surface area (Å²) in [5, 5.41) is 12.5. The normalized spacial score (nSPS) is 10.5. The Morgan fingerprint density at radius 1 is 1.03 bits per heavy atom. The highest BCUT2D eigenvalue weighted by Crippen LogP contribution is 2.26. The molecule has 2 amide bonds. The maximum atomic E-state index is 13.0. The van der Waals surface area contributed by atoms with Crippen molar-refractivity contribution in [2.45, 2.75) is 19.8 Å². The van der Waals surface area contributed by atoms with Gasteiger partial charge < -0.3 is 15.2 Å². The van der Waals surface area contributed by atoms with E-state index in [4.69, 9.17) is 9.57 Å². The molecule has 0 atom stereocenters. The molecule has 0 fully saturated rings. The van der Waals surface area contributed by atoms with Crippen LogP contribution >= 0.6 is 0 Å². The lowest BCUT2D eigenvalue weighted by Crippen LogP contribution is -2.28. The van der Waals surface area contributed by atoms with Crippen LogP contribution in [-0.2, 0) is 24.6 Å². The first-order valence-electron chi connectivity index (χ1n) is 9.69. The number of ether oxygens (including phenoxy) is 1. The summed E-state index contributed by atoms with van der Waals surface area (Å²) < 4.78 is 18.3. The molecule has 166 valence electrons. The summed E-state index contributed by atoms with van der Waals surface area (Å²) in [4.78, 5) is 34.4. The van der Waals surface area contributed by atoms with E-state index in [0.717, 1.165) is 5.56 Å². The Morgan fingerprint density at radius 3 is 2.41 bits per heavy atom. The summed E-state index contributed by atoms with van der Waals surface area (Å²) in [6.45, 7) is -0.274. The number of halogens is 1. The molecule has 2 aromatic carbocycles. The van der Waals surface area contributed by atoms with E-state index in [-0.39, 0.29) is 41.5 Å². The first-order chi connectivity index (χ1) is 15.5. The molecule has 0 bridgehead atoms. The van der Waals surface area contributed by atoms with Gasteiger partial charge >= 0.3 is 0 Å². The number of carbonyl (C=O) groups excluding carboxylic acids is 2. The van der Waals surface area contributed by atoms with Crippen molar-refractivity contribution in [3.63, 3.8) is 0 Å². The molecular formula is C23H22FN3O5. The van der Waals surface area contributed by atoms with Crippen molar-refractivity contribution in [3.05, 3.63) is 94.6 Å². The molecule has 0 aliphatic carbocycles. The number of benzene rings is 2. The van der Waals surface area contributed by atoms with Gasteiger partial charge in [-0.25, -0.2) is 14.9 Å². The molecule has 0 saturated heterocycles. The molecule has 1 heterocycles. The summed E-state index contributed by atoms with van der Waals surface area (Å²) in [6, 6.07) is 14.9. The van der Waals surface area contributed by atoms with Crippen molar-refractivity contribution in [1.82, 2.24) is 15.8 Å². The molecule has 0 radical (unpaired) electrons. The number of aliphatic hydroxyl groups excluding tert-OH is 1. The number of carbonyl (C=O) groups is 2. The molecule has 0 spiro atoms. The zero-order valence-corrected chi connectivity index (χ0v) is 17.3. The predicted octanol–water partition coefficient (Wildman–Crippen LogP) is 2.51. The van der Waals surface area contributed by atoms with Crippen molar-refractivity contribution in [2.24, 2.45) is 0 Å². The van der Waals surface area contributed by atoms with Crippen molar-refractivity contribution < 1.29 is 28.7 Å². The van der Waals surface area contributed by atoms with Gasteiger partial charge in [0, 0.05) is 18.3 Å². The van der Waals surface area contributed by atoms with E-state index in [0.29, 0.717) is 5.56 Å². The Balaban J connectivity index is 1.71. The van der Waals surface area contributed by atoms with E-state index >= 15 is 0 Å². The van der Waals surface area contributed by atoms with Crippen LogP contribution in [0.2, 0.25) is 0 Å². The van der Waals surface area contributed by atoms with E-state index < -0.39 is 18.4 Å². The first-order valence-corrected chi connectivity index (χ1v) is 9.69. The molecule has 9 heteroatoms. The van der Waals surface area contributed by atoms with E-state index in [2.05, 4.69) is 15.8 Å². The highest BCUT2D eigenvalue weighted by Gasteiger charge is 2.23. The quantitative estimate of drug-likeness (QED) is 0.442. The molecule has 3 aromatic rings. The molecule has 3 rings (SSSR count). The van der Waals surface area contributed by atoms with Crippen molar-refractivity contribution in [3.8, 4) is 5.75 Å². The number of methoxy groups -OCH3 is 1. The van der Waals surface area contributed by atoms with Gasteiger partial charge in [0.1, 0.15) is 5.82 Å². The van der Waals surface area contributed by atoms with E-state index in [1.807, 2.05) is 30.3 Å². The van der Waals surface area contributed by atoms with Gasteiger partial charge in [-0.2, -0.15) is 0 Å². The summed E-state index contributed by atoms with van der Waals surface area (Å²) in [7, 11) is 1.30. The predicted molar refractivity (Wildman–Crippen MR) is 113 cm³/mol. The van der Waals surface area contributed by atoms with Gasteiger partial charge in [-0.1, -0.05) is 42.5 Å². The number of amides is 2. The smallest absolute Gasteiger partial charge is 0.297 e. The zero-order chi connectivity index (χ0) is 22.9. The summed E-state index contributed by atoms with van der Waals surface area (Å²) in [6.07, 6.45) is 1.18. The average molecular weight is 439 g/mol. The number of hydroxylamine groups is 1. The number of aromatic nitrogens is 1. The SMILES string of the molecule is COc1c(C(=O)NOCc2ccccc2)ncc(C(=O)NCc2ccc(F)cc2)c1CO. The Hall–Kier alpha value is -3.82. The zero-order valence-electron chi connectivity index (χ0n) is 17.3. The van der Waals surface area contributed by atoms with Gasteiger partial charge in [-0.05, 0) is 23.3 Å². The second kappa shape index (κ2) is 11.0. The third kappa shape index (κ3) is 5.65. The van der Waals surface area contributed by atoms with Gasteiger partial charge in [0.05, 0.1) is 25.9 Å². The van der Waals surface area contributed by atoms with Gasteiger partial charge in [0.25, 0.3) is 11.8 Å². The third-order valence-corrected chi connectivity index (χ3v) is 4.57. The number of nitrogens with zero attached hydrogens (tertiary/aromatic N) is 1. The molecule has 0 aliphatic heterocycles. The largest absolute Gasteiger partial charge is 0.494 e. The number of rotatable bonds is 9. The van der Waals surface area contributed by atoms with Crippen LogP contribution in [0.15, 0.2) is 60.8 Å². The minimum atomic E-state index is -0.689. The van der Waals surface area contributed by atoms with Crippen LogP contribution in [0.5, 0.6) is 5.75 Å². The molecule has 8 nitrogen and oxygen atoms in total. The molecule has 32 heavy (non-hydrogen) atoms. The first kappa shape index (κ1) is 22.9. The molecular weight excluding hydrogens is 417 g/mol. The van der Waals surface area contributed by atoms with Crippen molar-refractivity contribution in [1.29, 1.82) is 0 Å². The lowest BCUT2D eigenvalue weighted by Gasteiger charge is -2.15. The van der Waals surface area contributed by atoms with E-state index in [1.54, 1.807) is 12.1 Å². The Kier molecular flexibility index (Phi) is 7.85. The Morgan fingerprint density at radius 2 is 1.75 bits per heavy atom. The monoisotopic (exact) mass is 439 g/mol. The fourth-order valence-electron chi connectivity index (χ4n) is 2.95. The number of aliphatic hydroxyl groups is 1. The Labute approximate surface area is 184 Å². The highest BCUT2D eigenvalue weighted by molar-refractivity contribution is 5.99. The van der Waals surface area contributed by atoms with Crippen LogP contribution in [0.1, 0.15) is 37.5 Å². The van der Waals surface area contributed by atoms with Crippen molar-refractivity contribution >= 4 is 11.8 Å². The summed E-state index contributed by atoms with van der Waals surface area (Å²) >= 11 is 0. The molecule has 0 aliphatic rings. The van der Waals surface area contributed by atoms with Crippen LogP contribution < -0.4 is 15.5 Å². The van der Waals surface area contributed by atoms with Crippen LogP contribution in [-0.4, -0.2) is 29.0 Å². The number of nitrogens with one attached hydrogen (secondary N) is 2. The Bertz CT molecular complexity index is 1070. The summed E-state index contributed by atoms with van der Waals surface area (Å²) in [5.74, 6) is -1.64. The maximum Gasteiger partial charge on any atom is 0.297 e. The lowest BCUT2D eigenvalue weighted by atomic mass is 10.1. The second-order valence-electron chi connectivity index (χ2n) is 6.71. The van der Waals surface area contributed by atoms with Crippen LogP contribution in [0.25, 0.3) is 0 Å². The van der Waals surface area contributed by atoms with Gasteiger partial charge in [0.2, 0.25) is 0 Å². The molecule has 0 unspecified atom stereocenters. The fourth-order valence-corrected chi connectivity index (χ4v) is 2.95. The number of pyridine rings is 1. The maximum absolute atomic E-state index is 13.0. The summed E-state index contributed by atoms with van der Waals surface area (Å²) in [5.41, 5.74) is 3.84. The molecule has 0 saturated carbocycles. The molecule has 3 N–H and O–H groups in total. The minimum Gasteiger partial charge on any atom is -0.494 e. The van der Waals surface area contributed by atoms with Gasteiger partial charge in [-0.3, -0.25) is 14.4 Å². The van der Waals surface area contributed by atoms with Gasteiger partial charge in [0.15, 0.2) is 11.4 Å². The standard InChI is InChI=1S/C23H22FN3O5/c1-31-21-19(13-28)18(22(29)26-11-15-7-9-17(24)10-8-15)12-25-20(21)23(30)27-32-14-16-5-3-2-4-6-16/h2-10,12,28H,11,13-14H2,1H3,(H,26,29)(H,27,30). The number of hydrogen-bond donors (Lipinski definition) is 3. The third-order valence-electron chi connectivity index (χ3n) is 4.57. The van der Waals surface area contributed by atoms with Crippen molar-refractivity contribution in [2.75, 3.05) is 7.11 Å². The number of hydrogen-bond acceptors (Lipinski definition) is 6. The second-order valence-corrected chi connectivity index (χ2v) is 6.71. The minimum absolute atomic E-state index is 0.0391. The molecule has 1 aromatic heterocycles. The van der Waals surface area contributed by atoms with Crippen LogP contribution in [0.4, 0.5) is 4.39 Å². The van der Waals surface area contributed by atoms with E-state index in [1.165, 1.54) is 25.4 Å². The lowest BCUT2D eigenvalue weighted by molar-refractivity contribution is 0.0226. The fraction of sp³-hybridized carbons (Fsp3) is 0.174. The average Bonchev–Trinajstić information content (AvgIpc) is 2.83. The topological polar surface area (TPSA) is 110 Å². The highest BCUT2D eigenvalue weighted by atomic mass is 19.1.